The quantitative estimate of drug-likeness (QED) is 0.765. The number of carbonyl (C=O) groups is 1. The van der Waals surface area contributed by atoms with Gasteiger partial charge in [0.15, 0.2) is 0 Å². The number of rotatable bonds is 6. The van der Waals surface area contributed by atoms with E-state index in [0.717, 1.165) is 25.4 Å². The molecule has 3 aliphatic rings. The summed E-state index contributed by atoms with van der Waals surface area (Å²) in [4.78, 5) is 17.5. The standard InChI is InChI=1S/C20H34N6O/c27-19(8-4-12-26-17-21-22-23-26)25-13-10-20(16-25)9-5-11-24(15-20)14-18-6-2-1-3-7-18/h17-18H,1-16H2/t20-/m1/s1. The molecule has 0 aromatic carbocycles. The van der Waals surface area contributed by atoms with Crippen LogP contribution in [0, 0.1) is 11.3 Å². The third-order valence-corrected chi connectivity index (χ3v) is 6.94. The van der Waals surface area contributed by atoms with Gasteiger partial charge < -0.3 is 9.80 Å². The summed E-state index contributed by atoms with van der Waals surface area (Å²) in [5, 5.41) is 11.1. The van der Waals surface area contributed by atoms with Crippen molar-refractivity contribution in [2.24, 2.45) is 11.3 Å². The largest absolute Gasteiger partial charge is 0.342 e. The van der Waals surface area contributed by atoms with Crippen molar-refractivity contribution >= 4 is 5.91 Å². The molecular formula is C20H34N6O. The first kappa shape index (κ1) is 18.8. The van der Waals surface area contributed by atoms with Crippen LogP contribution in [0.4, 0.5) is 0 Å². The highest BCUT2D eigenvalue weighted by Crippen LogP contribution is 2.40. The Kier molecular flexibility index (Phi) is 6.05. The van der Waals surface area contributed by atoms with Crippen LogP contribution in [-0.2, 0) is 11.3 Å². The fraction of sp³-hybridized carbons (Fsp3) is 0.900. The van der Waals surface area contributed by atoms with E-state index in [1.807, 2.05) is 0 Å². The van der Waals surface area contributed by atoms with Gasteiger partial charge in [0, 0.05) is 44.6 Å². The van der Waals surface area contributed by atoms with E-state index in [1.165, 1.54) is 71.0 Å². The zero-order valence-electron chi connectivity index (χ0n) is 16.6. The molecule has 1 amide bonds. The third-order valence-electron chi connectivity index (χ3n) is 6.94. The molecule has 3 heterocycles. The molecule has 1 aliphatic carbocycles. The number of hydrogen-bond donors (Lipinski definition) is 0. The van der Waals surface area contributed by atoms with Gasteiger partial charge in [0.1, 0.15) is 6.33 Å². The minimum Gasteiger partial charge on any atom is -0.342 e. The molecule has 2 saturated heterocycles. The molecule has 1 spiro atoms. The molecule has 0 N–H and O–H groups in total. The van der Waals surface area contributed by atoms with Gasteiger partial charge in [0.05, 0.1) is 0 Å². The molecule has 1 aromatic heterocycles. The van der Waals surface area contributed by atoms with Crippen LogP contribution in [0.1, 0.15) is 64.2 Å². The van der Waals surface area contributed by atoms with Gasteiger partial charge in [0.25, 0.3) is 0 Å². The van der Waals surface area contributed by atoms with Crippen LogP contribution >= 0.6 is 0 Å². The molecule has 0 radical (unpaired) electrons. The average molecular weight is 375 g/mol. The summed E-state index contributed by atoms with van der Waals surface area (Å²) in [5.41, 5.74) is 0.360. The molecule has 3 fully saturated rings. The van der Waals surface area contributed by atoms with Gasteiger partial charge in [-0.15, -0.1) is 5.10 Å². The van der Waals surface area contributed by atoms with Crippen LogP contribution < -0.4 is 0 Å². The molecule has 27 heavy (non-hydrogen) atoms. The van der Waals surface area contributed by atoms with Crippen LogP contribution in [0.2, 0.25) is 0 Å². The SMILES string of the molecule is O=C(CCCn1cnnn1)N1CC[C@@]2(CCCN(CC3CCCCC3)C2)C1. The van der Waals surface area contributed by atoms with Crippen LogP contribution in [0.15, 0.2) is 6.33 Å². The first-order chi connectivity index (χ1) is 13.2. The number of amides is 1. The second kappa shape index (κ2) is 8.67. The zero-order valence-corrected chi connectivity index (χ0v) is 16.6. The summed E-state index contributed by atoms with van der Waals surface area (Å²) in [6.07, 6.45) is 13.9. The summed E-state index contributed by atoms with van der Waals surface area (Å²) < 4.78 is 1.70. The Bertz CT molecular complexity index is 600. The predicted octanol–water partition coefficient (Wildman–Crippen LogP) is 2.35. The number of carbonyl (C=O) groups excluding carboxylic acids is 1. The molecule has 1 aromatic rings. The molecule has 0 bridgehead atoms. The zero-order chi connectivity index (χ0) is 18.5. The normalized spacial score (nSPS) is 27.5. The molecule has 4 rings (SSSR count). The molecule has 7 heteroatoms. The van der Waals surface area contributed by atoms with Gasteiger partial charge in [-0.3, -0.25) is 4.79 Å². The van der Waals surface area contributed by atoms with Crippen molar-refractivity contribution in [1.82, 2.24) is 30.0 Å². The number of likely N-dealkylation sites (tertiary alicyclic amines) is 2. The van der Waals surface area contributed by atoms with Crippen LogP contribution in [-0.4, -0.2) is 68.6 Å². The van der Waals surface area contributed by atoms with E-state index >= 15 is 0 Å². The molecule has 1 atom stereocenters. The Morgan fingerprint density at radius 2 is 1.96 bits per heavy atom. The lowest BCUT2D eigenvalue weighted by molar-refractivity contribution is -0.130. The van der Waals surface area contributed by atoms with Crippen molar-refractivity contribution in [3.63, 3.8) is 0 Å². The Balaban J connectivity index is 1.23. The maximum atomic E-state index is 12.6. The summed E-state index contributed by atoms with van der Waals surface area (Å²) in [7, 11) is 0. The maximum Gasteiger partial charge on any atom is 0.222 e. The van der Waals surface area contributed by atoms with Gasteiger partial charge >= 0.3 is 0 Å². The third kappa shape index (κ3) is 4.86. The van der Waals surface area contributed by atoms with Crippen molar-refractivity contribution in [2.75, 3.05) is 32.7 Å². The van der Waals surface area contributed by atoms with E-state index in [-0.39, 0.29) is 0 Å². The van der Waals surface area contributed by atoms with E-state index in [0.29, 0.717) is 24.3 Å². The smallest absolute Gasteiger partial charge is 0.222 e. The molecule has 1 saturated carbocycles. The van der Waals surface area contributed by atoms with Crippen LogP contribution in [0.3, 0.4) is 0 Å². The van der Waals surface area contributed by atoms with Gasteiger partial charge in [-0.1, -0.05) is 19.3 Å². The number of piperidine rings is 1. The van der Waals surface area contributed by atoms with Gasteiger partial charge in [-0.05, 0) is 61.4 Å². The summed E-state index contributed by atoms with van der Waals surface area (Å²) in [6.45, 7) is 6.39. The van der Waals surface area contributed by atoms with Crippen molar-refractivity contribution in [2.45, 2.75) is 70.8 Å². The second-order valence-corrected chi connectivity index (χ2v) is 9.08. The lowest BCUT2D eigenvalue weighted by Gasteiger charge is -2.42. The van der Waals surface area contributed by atoms with Gasteiger partial charge in [-0.25, -0.2) is 4.68 Å². The summed E-state index contributed by atoms with van der Waals surface area (Å²) >= 11 is 0. The van der Waals surface area contributed by atoms with Crippen molar-refractivity contribution in [1.29, 1.82) is 0 Å². The minimum absolute atomic E-state index is 0.310. The summed E-state index contributed by atoms with van der Waals surface area (Å²) in [6, 6.07) is 0. The topological polar surface area (TPSA) is 67.2 Å². The fourth-order valence-corrected chi connectivity index (χ4v) is 5.52. The van der Waals surface area contributed by atoms with Crippen molar-refractivity contribution in [3.8, 4) is 0 Å². The van der Waals surface area contributed by atoms with E-state index in [1.54, 1.807) is 11.0 Å². The Hall–Kier alpha value is -1.50. The average Bonchev–Trinajstić information content (AvgIpc) is 3.33. The molecular weight excluding hydrogens is 340 g/mol. The summed E-state index contributed by atoms with van der Waals surface area (Å²) in [5.74, 6) is 1.23. The first-order valence-corrected chi connectivity index (χ1v) is 10.9. The van der Waals surface area contributed by atoms with Gasteiger partial charge in [-0.2, -0.15) is 0 Å². The molecule has 0 unspecified atom stereocenters. The lowest BCUT2D eigenvalue weighted by Crippen LogP contribution is -2.47. The monoisotopic (exact) mass is 374 g/mol. The van der Waals surface area contributed by atoms with Crippen molar-refractivity contribution < 1.29 is 4.79 Å². The van der Waals surface area contributed by atoms with Crippen LogP contribution in [0.25, 0.3) is 0 Å². The fourth-order valence-electron chi connectivity index (χ4n) is 5.52. The predicted molar refractivity (Wildman–Crippen MR) is 103 cm³/mol. The lowest BCUT2D eigenvalue weighted by atomic mass is 9.78. The number of aryl methyl sites for hydroxylation is 1. The number of aromatic nitrogens is 4. The highest BCUT2D eigenvalue weighted by atomic mass is 16.2. The van der Waals surface area contributed by atoms with E-state index in [9.17, 15) is 4.79 Å². The molecule has 150 valence electrons. The highest BCUT2D eigenvalue weighted by molar-refractivity contribution is 5.76. The van der Waals surface area contributed by atoms with Crippen molar-refractivity contribution in [3.05, 3.63) is 6.33 Å². The maximum absolute atomic E-state index is 12.6. The second-order valence-electron chi connectivity index (χ2n) is 9.08. The Morgan fingerprint density at radius 1 is 1.07 bits per heavy atom. The first-order valence-electron chi connectivity index (χ1n) is 10.9. The molecule has 7 nitrogen and oxygen atoms in total. The number of nitrogens with zero attached hydrogens (tertiary/aromatic N) is 6. The van der Waals surface area contributed by atoms with E-state index < -0.39 is 0 Å². The molecule has 2 aliphatic heterocycles. The van der Waals surface area contributed by atoms with E-state index in [4.69, 9.17) is 0 Å². The van der Waals surface area contributed by atoms with Crippen LogP contribution in [0.5, 0.6) is 0 Å². The number of hydrogen-bond acceptors (Lipinski definition) is 5. The van der Waals surface area contributed by atoms with E-state index in [2.05, 4.69) is 25.3 Å². The van der Waals surface area contributed by atoms with Gasteiger partial charge in [0.2, 0.25) is 5.91 Å². The number of tetrazole rings is 1. The Labute approximate surface area is 162 Å². The Morgan fingerprint density at radius 3 is 2.78 bits per heavy atom. The minimum atomic E-state index is 0.310. The highest BCUT2D eigenvalue weighted by Gasteiger charge is 2.42.